The molecule has 6 heteroatoms. The van der Waals surface area contributed by atoms with Gasteiger partial charge in [0, 0.05) is 11.6 Å². The van der Waals surface area contributed by atoms with Gasteiger partial charge in [-0.05, 0) is 11.5 Å². The largest absolute Gasteiger partial charge is 0.383 e. The third-order valence-corrected chi connectivity index (χ3v) is 3.00. The molecule has 3 aromatic rings. The number of anilines is 1. The topological polar surface area (TPSA) is 96.7 Å². The van der Waals surface area contributed by atoms with Gasteiger partial charge in [0.2, 0.25) is 0 Å². The molecule has 3 rings (SSSR count). The number of amides is 1. The van der Waals surface area contributed by atoms with Crippen molar-refractivity contribution < 1.29 is 4.79 Å². The van der Waals surface area contributed by atoms with Gasteiger partial charge in [-0.3, -0.25) is 4.79 Å². The van der Waals surface area contributed by atoms with E-state index in [1.54, 1.807) is 18.6 Å². The molecule has 6 nitrogen and oxygen atoms in total. The fourth-order valence-corrected chi connectivity index (χ4v) is 1.99. The van der Waals surface area contributed by atoms with Crippen molar-refractivity contribution in [2.45, 2.75) is 6.54 Å². The number of carbonyl (C=O) groups is 1. The predicted molar refractivity (Wildman–Crippen MR) is 75.9 cm³/mol. The highest BCUT2D eigenvalue weighted by Crippen LogP contribution is 2.19. The summed E-state index contributed by atoms with van der Waals surface area (Å²) in [5.74, 6) is 0.0897. The maximum atomic E-state index is 12.1. The molecule has 0 bridgehead atoms. The Bertz CT molecular complexity index is 751. The molecule has 20 heavy (non-hydrogen) atoms. The number of hydrogen-bond acceptors (Lipinski definition) is 4. The number of carbonyl (C=O) groups excluding carboxylic acids is 1. The average Bonchev–Trinajstić information content (AvgIpc) is 2.98. The number of fused-ring (bicyclic) bond motifs is 1. The zero-order chi connectivity index (χ0) is 13.9. The number of pyridine rings is 1. The average molecular weight is 267 g/mol. The first-order chi connectivity index (χ1) is 9.74. The highest BCUT2D eigenvalue weighted by molar-refractivity contribution is 5.99. The molecule has 0 aliphatic heterocycles. The van der Waals surface area contributed by atoms with Crippen LogP contribution in [0.4, 0.5) is 5.82 Å². The molecule has 0 saturated heterocycles. The van der Waals surface area contributed by atoms with Crippen LogP contribution in [0.1, 0.15) is 16.2 Å². The van der Waals surface area contributed by atoms with E-state index in [-0.39, 0.29) is 5.91 Å². The van der Waals surface area contributed by atoms with Gasteiger partial charge in [-0.2, -0.15) is 0 Å². The molecular formula is C14H13N5O. The number of nitrogens with two attached hydrogens (primary N) is 1. The minimum absolute atomic E-state index is 0.267. The highest BCUT2D eigenvalue weighted by Gasteiger charge is 2.10. The van der Waals surface area contributed by atoms with Crippen LogP contribution in [-0.2, 0) is 6.54 Å². The van der Waals surface area contributed by atoms with Crippen molar-refractivity contribution in [3.63, 3.8) is 0 Å². The molecule has 1 aromatic carbocycles. The molecule has 0 unspecified atom stereocenters. The van der Waals surface area contributed by atoms with Gasteiger partial charge < -0.3 is 16.0 Å². The van der Waals surface area contributed by atoms with Crippen LogP contribution in [0.2, 0.25) is 0 Å². The van der Waals surface area contributed by atoms with E-state index in [0.29, 0.717) is 18.1 Å². The van der Waals surface area contributed by atoms with Crippen molar-refractivity contribution in [1.29, 1.82) is 0 Å². The minimum Gasteiger partial charge on any atom is -0.383 e. The number of aromatic nitrogens is 3. The van der Waals surface area contributed by atoms with Crippen molar-refractivity contribution in [3.05, 3.63) is 54.2 Å². The second kappa shape index (κ2) is 5.00. The summed E-state index contributed by atoms with van der Waals surface area (Å²) in [7, 11) is 0. The van der Waals surface area contributed by atoms with Crippen LogP contribution in [0, 0.1) is 0 Å². The van der Waals surface area contributed by atoms with Gasteiger partial charge in [-0.25, -0.2) is 9.97 Å². The Morgan fingerprint density at radius 3 is 3.00 bits per heavy atom. The van der Waals surface area contributed by atoms with Gasteiger partial charge in [0.1, 0.15) is 11.5 Å². The van der Waals surface area contributed by atoms with E-state index in [1.165, 1.54) is 0 Å². The molecule has 0 aliphatic rings. The lowest BCUT2D eigenvalue weighted by Crippen LogP contribution is -2.24. The first kappa shape index (κ1) is 12.2. The Morgan fingerprint density at radius 1 is 1.35 bits per heavy atom. The summed E-state index contributed by atoms with van der Waals surface area (Å²) in [5, 5.41) is 4.51. The molecule has 0 atom stereocenters. The van der Waals surface area contributed by atoms with Crippen LogP contribution in [0.15, 0.2) is 42.9 Å². The maximum Gasteiger partial charge on any atom is 0.270 e. The zero-order valence-corrected chi connectivity index (χ0v) is 10.6. The van der Waals surface area contributed by atoms with E-state index in [2.05, 4.69) is 20.3 Å². The van der Waals surface area contributed by atoms with Crippen LogP contribution in [0.25, 0.3) is 10.8 Å². The SMILES string of the molecule is Nc1nc(C(=O)NCc2cnc[nH]2)cc2ccccc12. The van der Waals surface area contributed by atoms with E-state index in [0.717, 1.165) is 16.5 Å². The number of imidazole rings is 1. The van der Waals surface area contributed by atoms with Crippen LogP contribution in [0.3, 0.4) is 0 Å². The van der Waals surface area contributed by atoms with E-state index >= 15 is 0 Å². The van der Waals surface area contributed by atoms with E-state index in [1.807, 2.05) is 24.3 Å². The van der Waals surface area contributed by atoms with Crippen molar-refractivity contribution in [1.82, 2.24) is 20.3 Å². The van der Waals surface area contributed by atoms with Crippen LogP contribution in [0.5, 0.6) is 0 Å². The van der Waals surface area contributed by atoms with Gasteiger partial charge >= 0.3 is 0 Å². The molecule has 0 fully saturated rings. The lowest BCUT2D eigenvalue weighted by atomic mass is 10.1. The number of aromatic amines is 1. The molecule has 0 radical (unpaired) electrons. The summed E-state index contributed by atoms with van der Waals surface area (Å²) >= 11 is 0. The Morgan fingerprint density at radius 2 is 2.20 bits per heavy atom. The normalized spacial score (nSPS) is 10.6. The number of rotatable bonds is 3. The second-order valence-corrected chi connectivity index (χ2v) is 4.37. The first-order valence-electron chi connectivity index (χ1n) is 6.15. The Labute approximate surface area is 115 Å². The summed E-state index contributed by atoms with van der Waals surface area (Å²) in [6.07, 6.45) is 3.22. The summed E-state index contributed by atoms with van der Waals surface area (Å²) in [6.45, 7) is 0.368. The Hall–Kier alpha value is -2.89. The number of H-pyrrole nitrogens is 1. The summed E-state index contributed by atoms with van der Waals surface area (Å²) in [6, 6.07) is 9.30. The highest BCUT2D eigenvalue weighted by atomic mass is 16.1. The lowest BCUT2D eigenvalue weighted by Gasteiger charge is -2.06. The molecule has 0 spiro atoms. The number of nitrogen functional groups attached to an aromatic ring is 1. The molecule has 0 saturated carbocycles. The summed E-state index contributed by atoms with van der Waals surface area (Å²) < 4.78 is 0. The fourth-order valence-electron chi connectivity index (χ4n) is 1.99. The van der Waals surface area contributed by atoms with E-state index in [4.69, 9.17) is 5.73 Å². The van der Waals surface area contributed by atoms with Crippen molar-refractivity contribution in [3.8, 4) is 0 Å². The molecule has 100 valence electrons. The maximum absolute atomic E-state index is 12.1. The molecule has 2 heterocycles. The van der Waals surface area contributed by atoms with Crippen molar-refractivity contribution in [2.24, 2.45) is 0 Å². The number of nitrogens with one attached hydrogen (secondary N) is 2. The number of nitrogens with zero attached hydrogens (tertiary/aromatic N) is 2. The van der Waals surface area contributed by atoms with Crippen LogP contribution in [-0.4, -0.2) is 20.9 Å². The molecular weight excluding hydrogens is 254 g/mol. The predicted octanol–water partition coefficient (Wildman–Crippen LogP) is 1.47. The second-order valence-electron chi connectivity index (χ2n) is 4.37. The summed E-state index contributed by atoms with van der Waals surface area (Å²) in [5.41, 5.74) is 7.01. The van der Waals surface area contributed by atoms with Gasteiger partial charge in [0.05, 0.1) is 18.6 Å². The molecule has 4 N–H and O–H groups in total. The van der Waals surface area contributed by atoms with Crippen LogP contribution >= 0.6 is 0 Å². The monoisotopic (exact) mass is 267 g/mol. The van der Waals surface area contributed by atoms with Gasteiger partial charge in [0.15, 0.2) is 0 Å². The Kier molecular flexibility index (Phi) is 3.04. The first-order valence-corrected chi connectivity index (χ1v) is 6.15. The Balaban J connectivity index is 1.84. The smallest absolute Gasteiger partial charge is 0.270 e. The molecule has 0 aliphatic carbocycles. The standard InChI is InChI=1S/C14H13N5O/c15-13-11-4-2-1-3-9(11)5-12(19-13)14(20)17-7-10-6-16-8-18-10/h1-6,8H,7H2,(H2,15,19)(H,16,18)(H,17,20). The van der Waals surface area contributed by atoms with Gasteiger partial charge in [-0.15, -0.1) is 0 Å². The van der Waals surface area contributed by atoms with Gasteiger partial charge in [0.25, 0.3) is 5.91 Å². The van der Waals surface area contributed by atoms with Gasteiger partial charge in [-0.1, -0.05) is 24.3 Å². The minimum atomic E-state index is -0.267. The molecule has 1 amide bonds. The van der Waals surface area contributed by atoms with Crippen molar-refractivity contribution >= 4 is 22.5 Å². The third-order valence-electron chi connectivity index (χ3n) is 3.00. The zero-order valence-electron chi connectivity index (χ0n) is 10.6. The van der Waals surface area contributed by atoms with Crippen molar-refractivity contribution in [2.75, 3.05) is 5.73 Å². The van der Waals surface area contributed by atoms with E-state index < -0.39 is 0 Å². The molecule has 2 aromatic heterocycles. The number of hydrogen-bond donors (Lipinski definition) is 3. The summed E-state index contributed by atoms with van der Waals surface area (Å²) in [4.78, 5) is 23.0. The quantitative estimate of drug-likeness (QED) is 0.669. The van der Waals surface area contributed by atoms with E-state index in [9.17, 15) is 4.79 Å². The lowest BCUT2D eigenvalue weighted by molar-refractivity contribution is 0.0946. The van der Waals surface area contributed by atoms with Crippen LogP contribution < -0.4 is 11.1 Å². The number of benzene rings is 1. The third kappa shape index (κ3) is 2.31. The fraction of sp³-hybridized carbons (Fsp3) is 0.0714.